The van der Waals surface area contributed by atoms with Gasteiger partial charge < -0.3 is 12.5 Å². The molecule has 2 aromatic heterocycles. The molecule has 6 heteroatoms. The van der Waals surface area contributed by atoms with Crippen molar-refractivity contribution in [1.82, 2.24) is 14.3 Å². The summed E-state index contributed by atoms with van der Waals surface area (Å²) in [6.07, 6.45) is 1.60. The number of pyridine rings is 1. The van der Waals surface area contributed by atoms with E-state index in [1.54, 1.807) is 22.5 Å². The van der Waals surface area contributed by atoms with E-state index in [0.29, 0.717) is 23.1 Å². The number of hydrogen-bond donors (Lipinski definition) is 1. The number of nitrogens with zero attached hydrogens (tertiary/aromatic N) is 3. The van der Waals surface area contributed by atoms with E-state index in [-0.39, 0.29) is 51.4 Å². The molecular weight excluding hydrogens is 391 g/mol. The molecule has 0 atom stereocenters. The first-order valence-corrected chi connectivity index (χ1v) is 7.89. The van der Waals surface area contributed by atoms with E-state index in [4.69, 9.17) is 0 Å². The van der Waals surface area contributed by atoms with Crippen LogP contribution in [0.15, 0.2) is 35.3 Å². The molecule has 0 amide bonds. The van der Waals surface area contributed by atoms with Crippen molar-refractivity contribution in [3.8, 4) is 16.9 Å². The van der Waals surface area contributed by atoms with Crippen LogP contribution in [-0.4, -0.2) is 19.5 Å². The molecule has 0 unspecified atom stereocenters. The normalized spacial score (nSPS) is 9.64. The van der Waals surface area contributed by atoms with E-state index in [0.717, 1.165) is 11.1 Å². The van der Waals surface area contributed by atoms with Crippen LogP contribution in [0.3, 0.4) is 0 Å². The Morgan fingerprint density at radius 1 is 1.20 bits per heavy atom. The van der Waals surface area contributed by atoms with E-state index in [9.17, 15) is 9.90 Å². The fourth-order valence-corrected chi connectivity index (χ4v) is 2.77. The molecule has 1 N–H and O–H groups in total. The molecule has 3 rings (SSSR count). The average Bonchev–Trinajstić information content (AvgIpc) is 2.94. The van der Waals surface area contributed by atoms with Crippen molar-refractivity contribution in [3.63, 3.8) is 0 Å². The molecule has 25 heavy (non-hydrogen) atoms. The quantitative estimate of drug-likeness (QED) is 0.644. The first kappa shape index (κ1) is 23.5. The summed E-state index contributed by atoms with van der Waals surface area (Å²) in [5, 5.41) is 15.3. The second-order valence-electron chi connectivity index (χ2n) is 5.09. The van der Waals surface area contributed by atoms with Gasteiger partial charge in [0.2, 0.25) is 0 Å². The van der Waals surface area contributed by atoms with E-state index in [1.807, 2.05) is 52.0 Å². The van der Waals surface area contributed by atoms with Crippen molar-refractivity contribution in [3.05, 3.63) is 53.8 Å². The van der Waals surface area contributed by atoms with Gasteiger partial charge in [0.1, 0.15) is 11.4 Å². The third-order valence-corrected chi connectivity index (χ3v) is 3.84. The molecule has 5 nitrogen and oxygen atoms in total. The predicted molar refractivity (Wildman–Crippen MR) is 100 cm³/mol. The summed E-state index contributed by atoms with van der Waals surface area (Å²) in [6.45, 7) is 8.36. The SMILES string of the molecule is CC.CCn1c(=O)c(-c2ccccc2C)c(O)c2cnn(C)c21.[CH3-].[Y]. The van der Waals surface area contributed by atoms with Crippen LogP contribution in [0.2, 0.25) is 0 Å². The van der Waals surface area contributed by atoms with Crippen molar-refractivity contribution in [2.24, 2.45) is 7.05 Å². The molecule has 0 saturated carbocycles. The van der Waals surface area contributed by atoms with Crippen LogP contribution in [0.25, 0.3) is 22.2 Å². The largest absolute Gasteiger partial charge is 0.506 e. The van der Waals surface area contributed by atoms with Gasteiger partial charge >= 0.3 is 0 Å². The third-order valence-electron chi connectivity index (χ3n) is 3.84. The van der Waals surface area contributed by atoms with Crippen molar-refractivity contribution in [2.45, 2.75) is 34.2 Å². The van der Waals surface area contributed by atoms with Gasteiger partial charge in [-0.3, -0.25) is 14.0 Å². The van der Waals surface area contributed by atoms with Crippen LogP contribution in [0.1, 0.15) is 26.3 Å². The molecule has 1 aromatic carbocycles. The van der Waals surface area contributed by atoms with Gasteiger partial charge in [-0.2, -0.15) is 5.10 Å². The van der Waals surface area contributed by atoms with Gasteiger partial charge in [0, 0.05) is 46.3 Å². The molecule has 0 fully saturated rings. The Morgan fingerprint density at radius 3 is 2.36 bits per heavy atom. The number of fused-ring (bicyclic) bond motifs is 1. The molecule has 0 aliphatic rings. The van der Waals surface area contributed by atoms with Gasteiger partial charge in [0.15, 0.2) is 0 Å². The Labute approximate surface area is 174 Å². The molecular formula is C19H26N3O2Y-. The summed E-state index contributed by atoms with van der Waals surface area (Å²) in [5.74, 6) is 0.00194. The van der Waals surface area contributed by atoms with Crippen LogP contribution in [0.5, 0.6) is 5.75 Å². The summed E-state index contributed by atoms with van der Waals surface area (Å²) in [6, 6.07) is 7.56. The predicted octanol–water partition coefficient (Wildman–Crippen LogP) is 3.91. The van der Waals surface area contributed by atoms with Gasteiger partial charge in [0.25, 0.3) is 5.56 Å². The number of hydrogen-bond acceptors (Lipinski definition) is 3. The Morgan fingerprint density at radius 2 is 1.80 bits per heavy atom. The van der Waals surface area contributed by atoms with Crippen LogP contribution in [-0.2, 0) is 46.3 Å². The first-order valence-electron chi connectivity index (χ1n) is 7.89. The zero-order valence-electron chi connectivity index (χ0n) is 15.9. The van der Waals surface area contributed by atoms with Crippen LogP contribution in [0.4, 0.5) is 0 Å². The molecule has 0 aliphatic carbocycles. The second-order valence-corrected chi connectivity index (χ2v) is 5.09. The number of aryl methyl sites for hydroxylation is 3. The standard InChI is InChI=1S/C16H17N3O2.C2H6.CH3.Y/c1-4-19-15-12(9-17-18(15)3)14(20)13(16(19)21)11-8-6-5-7-10(11)2;1-2;;/h5-9,20H,4H2,1-3H3;1-2H3;1H3;/q;;-1;. The minimum Gasteiger partial charge on any atom is -0.506 e. The number of aromatic nitrogens is 3. The molecule has 0 saturated heterocycles. The average molecular weight is 417 g/mol. The first-order chi connectivity index (χ1) is 11.1. The Balaban J connectivity index is 0.00000139. The van der Waals surface area contributed by atoms with Crippen molar-refractivity contribution < 1.29 is 37.8 Å². The van der Waals surface area contributed by atoms with Crippen LogP contribution < -0.4 is 5.56 Å². The van der Waals surface area contributed by atoms with E-state index < -0.39 is 0 Å². The third kappa shape index (κ3) is 4.04. The summed E-state index contributed by atoms with van der Waals surface area (Å²) in [7, 11) is 1.76. The molecule has 1 radical (unpaired) electrons. The van der Waals surface area contributed by atoms with E-state index in [1.165, 1.54) is 0 Å². The smallest absolute Gasteiger partial charge is 0.263 e. The Hall–Kier alpha value is -1.46. The molecule has 3 aromatic rings. The van der Waals surface area contributed by atoms with Gasteiger partial charge in [-0.25, -0.2) is 0 Å². The van der Waals surface area contributed by atoms with Gasteiger partial charge in [-0.1, -0.05) is 38.1 Å². The number of aromatic hydroxyl groups is 1. The summed E-state index contributed by atoms with van der Waals surface area (Å²) in [4.78, 5) is 12.8. The van der Waals surface area contributed by atoms with Crippen molar-refractivity contribution in [2.75, 3.05) is 0 Å². The number of rotatable bonds is 2. The second kappa shape index (κ2) is 9.88. The fourth-order valence-electron chi connectivity index (χ4n) is 2.77. The van der Waals surface area contributed by atoms with Crippen molar-refractivity contribution in [1.29, 1.82) is 0 Å². The van der Waals surface area contributed by atoms with E-state index in [2.05, 4.69) is 5.10 Å². The maximum absolute atomic E-state index is 12.8. The fraction of sp³-hybridized carbons (Fsp3) is 0.316. The van der Waals surface area contributed by atoms with Gasteiger partial charge in [0.05, 0.1) is 17.1 Å². The summed E-state index contributed by atoms with van der Waals surface area (Å²) >= 11 is 0. The summed E-state index contributed by atoms with van der Waals surface area (Å²) < 4.78 is 3.26. The van der Waals surface area contributed by atoms with Crippen LogP contribution >= 0.6 is 0 Å². The van der Waals surface area contributed by atoms with Crippen molar-refractivity contribution >= 4 is 11.0 Å². The van der Waals surface area contributed by atoms with Gasteiger partial charge in [-0.15, -0.1) is 0 Å². The van der Waals surface area contributed by atoms with Gasteiger partial charge in [-0.05, 0) is 25.0 Å². The van der Waals surface area contributed by atoms with Crippen LogP contribution in [0, 0.1) is 14.4 Å². The zero-order chi connectivity index (χ0) is 17.1. The Kier molecular flexibility index (Phi) is 9.30. The molecule has 2 heterocycles. The zero-order valence-corrected chi connectivity index (χ0v) is 18.7. The number of benzene rings is 1. The summed E-state index contributed by atoms with van der Waals surface area (Å²) in [5.41, 5.74) is 2.50. The monoisotopic (exact) mass is 417 g/mol. The molecule has 0 aliphatic heterocycles. The molecule has 0 bridgehead atoms. The maximum atomic E-state index is 12.8. The molecule has 0 spiro atoms. The minimum atomic E-state index is -0.194. The Bertz CT molecular complexity index is 898. The van der Waals surface area contributed by atoms with E-state index >= 15 is 0 Å². The maximum Gasteiger partial charge on any atom is 0.263 e. The minimum absolute atomic E-state index is 0. The topological polar surface area (TPSA) is 60.1 Å². The molecule has 133 valence electrons.